The summed E-state index contributed by atoms with van der Waals surface area (Å²) in [7, 11) is 1.34. The van der Waals surface area contributed by atoms with Gasteiger partial charge in [-0.25, -0.2) is 0 Å². The van der Waals surface area contributed by atoms with Crippen LogP contribution in [0.4, 0.5) is 18.9 Å². The van der Waals surface area contributed by atoms with Gasteiger partial charge in [0, 0.05) is 7.05 Å². The van der Waals surface area contributed by atoms with Gasteiger partial charge >= 0.3 is 6.18 Å². The van der Waals surface area contributed by atoms with Crippen LogP contribution in [0.25, 0.3) is 0 Å². The summed E-state index contributed by atoms with van der Waals surface area (Å²) in [6.07, 6.45) is -4.33. The van der Waals surface area contributed by atoms with E-state index in [9.17, 15) is 13.2 Å². The summed E-state index contributed by atoms with van der Waals surface area (Å²) < 4.78 is 36.1. The third-order valence-corrected chi connectivity index (χ3v) is 1.57. The van der Waals surface area contributed by atoms with Crippen molar-refractivity contribution < 1.29 is 18.4 Å². The first kappa shape index (κ1) is 9.85. The number of anilines is 1. The highest BCUT2D eigenvalue weighted by Crippen LogP contribution is 2.30. The highest BCUT2D eigenvalue weighted by Gasteiger charge is 2.29. The lowest BCUT2D eigenvalue weighted by molar-refractivity contribution is -0.137. The van der Waals surface area contributed by atoms with Crippen molar-refractivity contribution in [2.45, 2.75) is 6.18 Å². The zero-order valence-corrected chi connectivity index (χ0v) is 6.84. The normalized spacial score (nSPS) is 11.5. The minimum absolute atomic E-state index is 0.313. The molecule has 72 valence electrons. The second-order valence-electron chi connectivity index (χ2n) is 2.57. The molecule has 0 unspecified atom stereocenters. The van der Waals surface area contributed by atoms with Crippen LogP contribution in [0.15, 0.2) is 24.3 Å². The lowest BCUT2D eigenvalue weighted by Crippen LogP contribution is -2.10. The van der Waals surface area contributed by atoms with E-state index < -0.39 is 11.7 Å². The maximum Gasteiger partial charge on any atom is 0.416 e. The van der Waals surface area contributed by atoms with Crippen LogP contribution >= 0.6 is 0 Å². The van der Waals surface area contributed by atoms with E-state index in [2.05, 4.69) is 0 Å². The van der Waals surface area contributed by atoms with Gasteiger partial charge in [0.1, 0.15) is 0 Å². The fourth-order valence-corrected chi connectivity index (χ4v) is 0.866. The molecule has 0 saturated heterocycles. The van der Waals surface area contributed by atoms with Crippen molar-refractivity contribution in [3.63, 3.8) is 0 Å². The highest BCUT2D eigenvalue weighted by molar-refractivity contribution is 5.44. The molecule has 0 amide bonds. The molecule has 1 aromatic carbocycles. The smallest absolute Gasteiger partial charge is 0.289 e. The van der Waals surface area contributed by atoms with Crippen molar-refractivity contribution in [2.75, 3.05) is 12.1 Å². The Morgan fingerprint density at radius 1 is 1.15 bits per heavy atom. The van der Waals surface area contributed by atoms with Crippen LogP contribution < -0.4 is 5.06 Å². The van der Waals surface area contributed by atoms with Gasteiger partial charge in [0.15, 0.2) is 0 Å². The van der Waals surface area contributed by atoms with Gasteiger partial charge in [0.2, 0.25) is 0 Å². The number of benzene rings is 1. The van der Waals surface area contributed by atoms with Crippen LogP contribution in [0.3, 0.4) is 0 Å². The average Bonchev–Trinajstić information content (AvgIpc) is 2.03. The second kappa shape index (κ2) is 3.26. The van der Waals surface area contributed by atoms with Crippen molar-refractivity contribution in [2.24, 2.45) is 0 Å². The molecule has 5 heteroatoms. The Bertz CT molecular complexity index is 278. The maximum absolute atomic E-state index is 12.0. The molecule has 0 atom stereocenters. The van der Waals surface area contributed by atoms with E-state index in [4.69, 9.17) is 5.21 Å². The average molecular weight is 191 g/mol. The van der Waals surface area contributed by atoms with E-state index in [1.807, 2.05) is 0 Å². The summed E-state index contributed by atoms with van der Waals surface area (Å²) in [6.45, 7) is 0. The molecule has 0 fully saturated rings. The molecule has 0 aromatic heterocycles. The number of hydrogen-bond donors (Lipinski definition) is 1. The highest BCUT2D eigenvalue weighted by atomic mass is 19.4. The van der Waals surface area contributed by atoms with Crippen LogP contribution in [0.1, 0.15) is 5.56 Å². The topological polar surface area (TPSA) is 23.5 Å². The first-order chi connectivity index (χ1) is 5.91. The molecule has 0 heterocycles. The molecular weight excluding hydrogens is 183 g/mol. The maximum atomic E-state index is 12.0. The van der Waals surface area contributed by atoms with E-state index in [1.54, 1.807) is 0 Å². The molecule has 1 N–H and O–H groups in total. The Kier molecular flexibility index (Phi) is 2.47. The van der Waals surface area contributed by atoms with E-state index >= 15 is 0 Å². The number of halogens is 3. The van der Waals surface area contributed by atoms with E-state index in [0.717, 1.165) is 17.2 Å². The molecule has 0 radical (unpaired) electrons. The second-order valence-corrected chi connectivity index (χ2v) is 2.57. The standard InChI is InChI=1S/C8H8F3NO/c1-12(13)7-4-2-6(3-5-7)8(9,10)11/h2-5,13H,1H3. The van der Waals surface area contributed by atoms with Crippen molar-refractivity contribution >= 4 is 5.69 Å². The fourth-order valence-electron chi connectivity index (χ4n) is 0.866. The summed E-state index contributed by atoms with van der Waals surface area (Å²) in [6, 6.07) is 4.23. The van der Waals surface area contributed by atoms with Crippen LogP contribution in [0.5, 0.6) is 0 Å². The number of rotatable bonds is 1. The Balaban J connectivity index is 2.94. The number of hydroxylamine groups is 1. The van der Waals surface area contributed by atoms with Gasteiger partial charge < -0.3 is 0 Å². The van der Waals surface area contributed by atoms with Crippen LogP contribution in [0, 0.1) is 0 Å². The van der Waals surface area contributed by atoms with Crippen LogP contribution in [-0.4, -0.2) is 12.3 Å². The Morgan fingerprint density at radius 2 is 1.62 bits per heavy atom. The summed E-state index contributed by atoms with van der Waals surface area (Å²) in [4.78, 5) is 0. The predicted octanol–water partition coefficient (Wildman–Crippen LogP) is 2.53. The first-order valence-corrected chi connectivity index (χ1v) is 3.51. The number of nitrogens with zero attached hydrogens (tertiary/aromatic N) is 1. The molecular formula is C8H8F3NO. The Morgan fingerprint density at radius 3 is 1.92 bits per heavy atom. The zero-order valence-electron chi connectivity index (χ0n) is 6.84. The van der Waals surface area contributed by atoms with Gasteiger partial charge in [-0.3, -0.25) is 10.3 Å². The molecule has 13 heavy (non-hydrogen) atoms. The van der Waals surface area contributed by atoms with Crippen molar-refractivity contribution in [1.29, 1.82) is 0 Å². The van der Waals surface area contributed by atoms with Gasteiger partial charge in [0.05, 0.1) is 11.3 Å². The minimum atomic E-state index is -4.33. The van der Waals surface area contributed by atoms with Gasteiger partial charge in [0.25, 0.3) is 0 Å². The van der Waals surface area contributed by atoms with Crippen LogP contribution in [-0.2, 0) is 6.18 Å². The Labute approximate surface area is 73.2 Å². The van der Waals surface area contributed by atoms with Gasteiger partial charge in [-0.1, -0.05) is 0 Å². The lowest BCUT2D eigenvalue weighted by Gasteiger charge is -2.11. The van der Waals surface area contributed by atoms with Gasteiger partial charge in [-0.05, 0) is 24.3 Å². The molecule has 2 nitrogen and oxygen atoms in total. The van der Waals surface area contributed by atoms with Gasteiger partial charge in [-0.2, -0.15) is 13.2 Å². The van der Waals surface area contributed by atoms with E-state index in [1.165, 1.54) is 19.2 Å². The third kappa shape index (κ3) is 2.35. The summed E-state index contributed by atoms with van der Waals surface area (Å²) in [5, 5.41) is 9.62. The first-order valence-electron chi connectivity index (χ1n) is 3.51. The summed E-state index contributed by atoms with van der Waals surface area (Å²) in [5.41, 5.74) is -0.411. The van der Waals surface area contributed by atoms with Crippen molar-refractivity contribution in [3.05, 3.63) is 29.8 Å². The van der Waals surface area contributed by atoms with Crippen molar-refractivity contribution in [3.8, 4) is 0 Å². The SMILES string of the molecule is CN(O)c1ccc(C(F)(F)F)cc1. The van der Waals surface area contributed by atoms with Crippen molar-refractivity contribution in [1.82, 2.24) is 0 Å². The molecule has 0 saturated carbocycles. The summed E-state index contributed by atoms with van der Waals surface area (Å²) >= 11 is 0. The van der Waals surface area contributed by atoms with E-state index in [-0.39, 0.29) is 0 Å². The number of hydrogen-bond acceptors (Lipinski definition) is 2. The molecule has 1 aromatic rings. The predicted molar refractivity (Wildman–Crippen MR) is 41.6 cm³/mol. The third-order valence-electron chi connectivity index (χ3n) is 1.57. The van der Waals surface area contributed by atoms with E-state index in [0.29, 0.717) is 5.69 Å². The quantitative estimate of drug-likeness (QED) is 0.689. The molecule has 0 aliphatic heterocycles. The molecule has 1 rings (SSSR count). The fraction of sp³-hybridized carbons (Fsp3) is 0.250. The largest absolute Gasteiger partial charge is 0.416 e. The number of alkyl halides is 3. The van der Waals surface area contributed by atoms with Gasteiger partial charge in [-0.15, -0.1) is 0 Å². The monoisotopic (exact) mass is 191 g/mol. The zero-order chi connectivity index (χ0) is 10.1. The molecule has 0 bridgehead atoms. The molecule has 0 aliphatic rings. The minimum Gasteiger partial charge on any atom is -0.289 e. The van der Waals surface area contributed by atoms with Crippen LogP contribution in [0.2, 0.25) is 0 Å². The molecule has 0 aliphatic carbocycles. The lowest BCUT2D eigenvalue weighted by atomic mass is 10.2. The Hall–Kier alpha value is -1.23. The summed E-state index contributed by atoms with van der Waals surface area (Å²) in [5.74, 6) is 0. The molecule has 0 spiro atoms.